The third-order valence-electron chi connectivity index (χ3n) is 0. The largest absolute Gasteiger partial charge is 3.00 e. The van der Waals surface area contributed by atoms with Crippen LogP contribution in [-0.2, 0) is 0 Å². The summed E-state index contributed by atoms with van der Waals surface area (Å²) < 4.78 is 0. The molecule has 0 spiro atoms. The van der Waals surface area contributed by atoms with Crippen LogP contribution in [0.5, 0.6) is 0 Å². The topological polar surface area (TPSA) is 325 Å². The van der Waals surface area contributed by atoms with Gasteiger partial charge in [0.15, 0.2) is 0 Å². The molecule has 0 saturated carbocycles. The van der Waals surface area contributed by atoms with Crippen molar-refractivity contribution in [1.29, 1.82) is 0 Å². The van der Waals surface area contributed by atoms with E-state index in [0.29, 0.717) is 0 Å². The van der Waals surface area contributed by atoms with Crippen LogP contribution in [0, 0.1) is 87.7 Å². The molecule has 0 aliphatic carbocycles. The van der Waals surface area contributed by atoms with Crippen LogP contribution in [0.4, 0.5) is 0 Å². The van der Waals surface area contributed by atoms with Crippen molar-refractivity contribution in [2.75, 3.05) is 0 Å². The molecule has 0 aromatic carbocycles. The fourth-order valence-corrected chi connectivity index (χ4v) is 0. The molecule has 17 heavy (non-hydrogen) atoms. The van der Waals surface area contributed by atoms with Crippen LogP contribution in [0.25, 0.3) is 0 Å². The molecule has 17 heteroatoms. The second-order valence-corrected chi connectivity index (χ2v) is 0.671. The monoisotopic (exact) mass is 398 g/mol. The first kappa shape index (κ1) is 56.8. The zero-order chi connectivity index (χ0) is 10.7. The Morgan fingerprint density at radius 2 is 0.471 bits per heavy atom. The number of hydrogen-bond donors (Lipinski definition) is 0. The minimum Gasteiger partial charge on any atom is -0.412 e. The van der Waals surface area contributed by atoms with E-state index in [-0.39, 0.29) is 63.7 Å². The van der Waals surface area contributed by atoms with Crippen LogP contribution >= 0.6 is 0 Å². The molecule has 105 valence electrons. The molecule has 0 aliphatic heterocycles. The van der Waals surface area contributed by atoms with Crippen LogP contribution in [0.1, 0.15) is 0 Å². The van der Waals surface area contributed by atoms with Gasteiger partial charge in [0.25, 0.3) is 0 Å². The van der Waals surface area contributed by atoms with Crippen molar-refractivity contribution >= 4 is 0 Å². The van der Waals surface area contributed by atoms with Gasteiger partial charge in [-0.1, -0.05) is 0 Å². The van der Waals surface area contributed by atoms with Gasteiger partial charge in [-0.05, 0) is 0 Å². The molecule has 0 rings (SSSR count). The molecule has 0 saturated heterocycles. The molecule has 0 unspecified atom stereocenters. The van der Waals surface area contributed by atoms with Gasteiger partial charge < -0.3 is 67.9 Å². The molecule has 16 nitrogen and oxygen atoms in total. The van der Waals surface area contributed by atoms with E-state index < -0.39 is 15.3 Å². The van der Waals surface area contributed by atoms with E-state index in [9.17, 15) is 0 Å². The van der Waals surface area contributed by atoms with Crippen molar-refractivity contribution in [3.63, 3.8) is 0 Å². The van der Waals surface area contributed by atoms with Gasteiger partial charge in [-0.3, -0.25) is 0 Å². The zero-order valence-electron chi connectivity index (χ0n) is 7.52. The Bertz CT molecular complexity index is 114. The van der Waals surface area contributed by atoms with Gasteiger partial charge in [-0.15, -0.1) is 0 Å². The van der Waals surface area contributed by atoms with Gasteiger partial charge in [-0.25, -0.2) is 0 Å². The Morgan fingerprint density at radius 3 is 0.471 bits per heavy atom. The molecular formula is H8CeN3O13. The average Bonchev–Trinajstić information content (AvgIpc) is 1.54. The number of nitrogens with zero attached hydrogens (tertiary/aromatic N) is 3. The summed E-state index contributed by atoms with van der Waals surface area (Å²) in [5, 5.41) is 44.2. The third kappa shape index (κ3) is 1740. The second-order valence-electron chi connectivity index (χ2n) is 0.671. The van der Waals surface area contributed by atoms with E-state index in [4.69, 9.17) is 46.0 Å². The Balaban J connectivity index is -0.0000000104. The summed E-state index contributed by atoms with van der Waals surface area (Å²) in [4.78, 5) is 24.8. The van der Waals surface area contributed by atoms with E-state index in [0.717, 1.165) is 0 Å². The van der Waals surface area contributed by atoms with Crippen molar-refractivity contribution in [1.82, 2.24) is 0 Å². The van der Waals surface area contributed by atoms with Crippen molar-refractivity contribution in [2.24, 2.45) is 0 Å². The molecule has 0 heterocycles. The summed E-state index contributed by atoms with van der Waals surface area (Å²) in [5.41, 5.74) is 0. The standard InChI is InChI=1S/Ce.3NO3.4H2O/c;3*2-1(3)4;;;;/h;;;;4*1H2/q+3;3*-1;;;;. The fourth-order valence-electron chi connectivity index (χ4n) is 0. The van der Waals surface area contributed by atoms with Gasteiger partial charge in [0.2, 0.25) is 0 Å². The summed E-state index contributed by atoms with van der Waals surface area (Å²) in [7, 11) is 0. The molecule has 0 fully saturated rings. The van der Waals surface area contributed by atoms with E-state index in [1.807, 2.05) is 0 Å². The molecule has 0 aromatic heterocycles. The average molecular weight is 398 g/mol. The summed E-state index contributed by atoms with van der Waals surface area (Å²) >= 11 is 0. The van der Waals surface area contributed by atoms with Gasteiger partial charge in [-0.2, -0.15) is 0 Å². The molecule has 8 N–H and O–H groups in total. The normalized spacial score (nSPS) is 4.24. The smallest absolute Gasteiger partial charge is 0.412 e. The molecule has 0 amide bonds. The van der Waals surface area contributed by atoms with Crippen LogP contribution < -0.4 is 0 Å². The molecular weight excluding hydrogens is 390 g/mol. The first-order valence-corrected chi connectivity index (χ1v) is 1.64. The molecule has 0 bridgehead atoms. The van der Waals surface area contributed by atoms with Gasteiger partial charge in [0.05, 0.1) is 15.3 Å². The maximum Gasteiger partial charge on any atom is 3.00 e. The first-order valence-electron chi connectivity index (χ1n) is 1.64. The van der Waals surface area contributed by atoms with Crippen molar-refractivity contribution in [2.45, 2.75) is 0 Å². The van der Waals surface area contributed by atoms with Crippen LogP contribution in [0.2, 0.25) is 0 Å². The van der Waals surface area contributed by atoms with Crippen LogP contribution in [0.3, 0.4) is 0 Å². The quantitative estimate of drug-likeness (QED) is 0.282. The Morgan fingerprint density at radius 1 is 0.471 bits per heavy atom. The van der Waals surface area contributed by atoms with Gasteiger partial charge in [0.1, 0.15) is 0 Å². The Kier molecular flexibility index (Phi) is 155. The van der Waals surface area contributed by atoms with Crippen molar-refractivity contribution in [3.8, 4) is 0 Å². The summed E-state index contributed by atoms with van der Waals surface area (Å²) in [6.45, 7) is 0. The first-order chi connectivity index (χ1) is 5.20. The van der Waals surface area contributed by atoms with Crippen LogP contribution in [-0.4, -0.2) is 37.2 Å². The molecule has 0 aliphatic rings. The summed E-state index contributed by atoms with van der Waals surface area (Å²) in [6.07, 6.45) is 0. The van der Waals surface area contributed by atoms with Crippen molar-refractivity contribution < 1.29 is 78.9 Å². The molecule has 1 radical (unpaired) electrons. The summed E-state index contributed by atoms with van der Waals surface area (Å²) in [5.74, 6) is 0. The Labute approximate surface area is 124 Å². The van der Waals surface area contributed by atoms with Gasteiger partial charge >= 0.3 is 41.7 Å². The predicted octanol–water partition coefficient (Wildman–Crippen LogP) is -4.02. The van der Waals surface area contributed by atoms with E-state index in [2.05, 4.69) is 0 Å². The van der Waals surface area contributed by atoms with E-state index in [1.165, 1.54) is 0 Å². The SMILES string of the molecule is O.O.O.O.O=[N+]([O-])[O-].O=[N+]([O-])[O-].O=[N+]([O-])[O-].[Ce+3]. The zero-order valence-corrected chi connectivity index (χ0v) is 10.7. The maximum absolute atomic E-state index is 8.25. The number of hydrogen-bond acceptors (Lipinski definition) is 9. The second kappa shape index (κ2) is 46.3. The van der Waals surface area contributed by atoms with Gasteiger partial charge in [0, 0.05) is 0 Å². The maximum atomic E-state index is 8.25. The molecule has 0 aromatic rings. The van der Waals surface area contributed by atoms with E-state index >= 15 is 0 Å². The third-order valence-corrected chi connectivity index (χ3v) is 0. The minimum atomic E-state index is -1.75. The summed E-state index contributed by atoms with van der Waals surface area (Å²) in [6, 6.07) is 0. The molecule has 0 atom stereocenters. The Hall–Kier alpha value is -1.18. The van der Waals surface area contributed by atoms with Crippen molar-refractivity contribution in [3.05, 3.63) is 46.0 Å². The minimum absolute atomic E-state index is 0. The number of rotatable bonds is 0. The van der Waals surface area contributed by atoms with Crippen LogP contribution in [0.15, 0.2) is 0 Å². The fraction of sp³-hybridized carbons (Fsp3) is 0. The van der Waals surface area contributed by atoms with E-state index in [1.54, 1.807) is 0 Å². The predicted molar refractivity (Wildman–Crippen MR) is 45.5 cm³/mol.